The molecule has 2 N–H and O–H groups in total. The predicted molar refractivity (Wildman–Crippen MR) is 78.5 cm³/mol. The zero-order chi connectivity index (χ0) is 14.7. The third-order valence-corrected chi connectivity index (χ3v) is 3.19. The highest BCUT2D eigenvalue weighted by Crippen LogP contribution is 2.29. The molecule has 7 heteroatoms. The lowest BCUT2D eigenvalue weighted by Crippen LogP contribution is -2.02. The molecule has 5 nitrogen and oxygen atoms in total. The maximum absolute atomic E-state index is 10.9. The first kappa shape index (κ1) is 14.4. The molecule has 0 amide bonds. The zero-order valence-corrected chi connectivity index (χ0v) is 11.6. The first-order chi connectivity index (χ1) is 9.47. The van der Waals surface area contributed by atoms with Crippen LogP contribution in [0.2, 0.25) is 10.0 Å². The first-order valence-electron chi connectivity index (χ1n) is 5.62. The van der Waals surface area contributed by atoms with Gasteiger partial charge in [0, 0.05) is 17.6 Å². The van der Waals surface area contributed by atoms with Gasteiger partial charge >= 0.3 is 0 Å². The second-order valence-corrected chi connectivity index (χ2v) is 4.90. The van der Waals surface area contributed by atoms with Gasteiger partial charge in [-0.3, -0.25) is 10.1 Å². The van der Waals surface area contributed by atoms with Crippen LogP contribution in [-0.2, 0) is 6.54 Å². The van der Waals surface area contributed by atoms with E-state index in [2.05, 4.69) is 5.32 Å². The lowest BCUT2D eigenvalue weighted by Gasteiger charge is -2.08. The van der Waals surface area contributed by atoms with Crippen molar-refractivity contribution in [2.75, 3.05) is 5.32 Å². The summed E-state index contributed by atoms with van der Waals surface area (Å²) < 4.78 is 0. The molecule has 0 aliphatic rings. The number of nitro groups is 1. The van der Waals surface area contributed by atoms with Crippen molar-refractivity contribution in [3.05, 3.63) is 62.1 Å². The van der Waals surface area contributed by atoms with Crippen LogP contribution in [0.1, 0.15) is 5.56 Å². The molecule has 0 aliphatic heterocycles. The summed E-state index contributed by atoms with van der Waals surface area (Å²) in [5, 5.41) is 23.7. The molecule has 104 valence electrons. The molecule has 2 aromatic carbocycles. The van der Waals surface area contributed by atoms with E-state index < -0.39 is 4.92 Å². The van der Waals surface area contributed by atoms with Crippen molar-refractivity contribution < 1.29 is 10.0 Å². The van der Waals surface area contributed by atoms with E-state index in [1.54, 1.807) is 24.3 Å². The average Bonchev–Trinajstić information content (AvgIpc) is 2.41. The maximum atomic E-state index is 10.9. The minimum atomic E-state index is -0.502. The standard InChI is InChI=1S/C13H10Cl2N2O3/c14-9-2-3-11(12(6-9)17(19)20)16-7-8-1-4-13(18)10(15)5-8/h1-6,16,18H,7H2. The van der Waals surface area contributed by atoms with Crippen LogP contribution in [0, 0.1) is 10.1 Å². The maximum Gasteiger partial charge on any atom is 0.293 e. The highest BCUT2D eigenvalue weighted by Gasteiger charge is 2.14. The Balaban J connectivity index is 2.18. The van der Waals surface area contributed by atoms with E-state index in [9.17, 15) is 15.2 Å². The molecule has 0 atom stereocenters. The van der Waals surface area contributed by atoms with E-state index in [1.165, 1.54) is 12.1 Å². The van der Waals surface area contributed by atoms with Crippen LogP contribution in [0.25, 0.3) is 0 Å². The van der Waals surface area contributed by atoms with E-state index in [0.717, 1.165) is 5.56 Å². The predicted octanol–water partition coefficient (Wildman–Crippen LogP) is 4.22. The van der Waals surface area contributed by atoms with Crippen LogP contribution in [0.5, 0.6) is 5.75 Å². The van der Waals surface area contributed by atoms with Crippen molar-refractivity contribution in [2.45, 2.75) is 6.54 Å². The average molecular weight is 313 g/mol. The van der Waals surface area contributed by atoms with Crippen molar-refractivity contribution >= 4 is 34.6 Å². The molecule has 0 saturated carbocycles. The molecule has 0 bridgehead atoms. The number of phenols is 1. The topological polar surface area (TPSA) is 75.4 Å². The molecule has 2 rings (SSSR count). The molecule has 0 spiro atoms. The van der Waals surface area contributed by atoms with Crippen LogP contribution in [-0.4, -0.2) is 10.0 Å². The van der Waals surface area contributed by atoms with Gasteiger partial charge in [0.25, 0.3) is 5.69 Å². The van der Waals surface area contributed by atoms with Gasteiger partial charge in [-0.1, -0.05) is 29.3 Å². The number of nitrogens with zero attached hydrogens (tertiary/aromatic N) is 1. The highest BCUT2D eigenvalue weighted by atomic mass is 35.5. The second-order valence-electron chi connectivity index (χ2n) is 4.06. The van der Waals surface area contributed by atoms with Crippen molar-refractivity contribution in [2.24, 2.45) is 0 Å². The Labute approximate surface area is 124 Å². The van der Waals surface area contributed by atoms with E-state index in [4.69, 9.17) is 23.2 Å². The SMILES string of the molecule is O=[N+]([O-])c1cc(Cl)ccc1NCc1ccc(O)c(Cl)c1. The molecule has 0 aromatic heterocycles. The Morgan fingerprint density at radius 1 is 1.20 bits per heavy atom. The lowest BCUT2D eigenvalue weighted by atomic mass is 10.2. The fourth-order valence-electron chi connectivity index (χ4n) is 1.66. The molecule has 0 saturated heterocycles. The molecular formula is C13H10Cl2N2O3. The van der Waals surface area contributed by atoms with Gasteiger partial charge in [-0.2, -0.15) is 0 Å². The Morgan fingerprint density at radius 2 is 1.95 bits per heavy atom. The van der Waals surface area contributed by atoms with Gasteiger partial charge in [-0.15, -0.1) is 0 Å². The zero-order valence-electron chi connectivity index (χ0n) is 10.1. The van der Waals surface area contributed by atoms with Gasteiger partial charge in [-0.05, 0) is 29.8 Å². The molecule has 0 heterocycles. The normalized spacial score (nSPS) is 10.3. The summed E-state index contributed by atoms with van der Waals surface area (Å²) in [7, 11) is 0. The van der Waals surface area contributed by atoms with Crippen molar-refractivity contribution in [3.63, 3.8) is 0 Å². The van der Waals surface area contributed by atoms with Crippen LogP contribution < -0.4 is 5.32 Å². The van der Waals surface area contributed by atoms with Gasteiger partial charge in [0.2, 0.25) is 0 Å². The van der Waals surface area contributed by atoms with E-state index >= 15 is 0 Å². The number of phenolic OH excluding ortho intramolecular Hbond substituents is 1. The summed E-state index contributed by atoms with van der Waals surface area (Å²) in [5.41, 5.74) is 1.06. The van der Waals surface area contributed by atoms with Crippen molar-refractivity contribution in [3.8, 4) is 5.75 Å². The first-order valence-corrected chi connectivity index (χ1v) is 6.38. The summed E-state index contributed by atoms with van der Waals surface area (Å²) in [5.74, 6) is -0.00658. The Kier molecular flexibility index (Phi) is 4.32. The Bertz CT molecular complexity index is 662. The summed E-state index contributed by atoms with van der Waals surface area (Å²) in [6.07, 6.45) is 0. The lowest BCUT2D eigenvalue weighted by molar-refractivity contribution is -0.383. The number of nitrogens with one attached hydrogen (secondary N) is 1. The highest BCUT2D eigenvalue weighted by molar-refractivity contribution is 6.32. The number of nitro benzene ring substituents is 1. The van der Waals surface area contributed by atoms with E-state index in [1.807, 2.05) is 0 Å². The van der Waals surface area contributed by atoms with E-state index in [0.29, 0.717) is 17.3 Å². The Hall–Kier alpha value is -1.98. The van der Waals surface area contributed by atoms with Crippen LogP contribution >= 0.6 is 23.2 Å². The third kappa shape index (κ3) is 3.31. The number of hydrogen-bond acceptors (Lipinski definition) is 4. The number of aromatic hydroxyl groups is 1. The fourth-order valence-corrected chi connectivity index (χ4v) is 2.03. The van der Waals surface area contributed by atoms with Crippen LogP contribution in [0.15, 0.2) is 36.4 Å². The fraction of sp³-hybridized carbons (Fsp3) is 0.0769. The number of hydrogen-bond donors (Lipinski definition) is 2. The minimum absolute atomic E-state index is 0.00658. The number of halogens is 2. The summed E-state index contributed by atoms with van der Waals surface area (Å²) >= 11 is 11.5. The number of benzene rings is 2. The molecule has 0 unspecified atom stereocenters. The van der Waals surface area contributed by atoms with Gasteiger partial charge < -0.3 is 10.4 Å². The summed E-state index contributed by atoms with van der Waals surface area (Å²) in [4.78, 5) is 10.4. The van der Waals surface area contributed by atoms with Gasteiger partial charge in [-0.25, -0.2) is 0 Å². The van der Waals surface area contributed by atoms with E-state index in [-0.39, 0.29) is 16.5 Å². The number of rotatable bonds is 4. The third-order valence-electron chi connectivity index (χ3n) is 2.65. The molecular weight excluding hydrogens is 303 g/mol. The van der Waals surface area contributed by atoms with Gasteiger partial charge in [0.05, 0.1) is 9.95 Å². The van der Waals surface area contributed by atoms with Gasteiger partial charge in [0.1, 0.15) is 11.4 Å². The van der Waals surface area contributed by atoms with Crippen LogP contribution in [0.4, 0.5) is 11.4 Å². The second kappa shape index (κ2) is 5.98. The summed E-state index contributed by atoms with van der Waals surface area (Å²) in [6.45, 7) is 0.336. The number of anilines is 1. The Morgan fingerprint density at radius 3 is 2.60 bits per heavy atom. The molecule has 0 fully saturated rings. The molecule has 2 aromatic rings. The molecule has 0 aliphatic carbocycles. The van der Waals surface area contributed by atoms with Crippen molar-refractivity contribution in [1.82, 2.24) is 0 Å². The van der Waals surface area contributed by atoms with Crippen molar-refractivity contribution in [1.29, 1.82) is 0 Å². The molecule has 20 heavy (non-hydrogen) atoms. The van der Waals surface area contributed by atoms with Crippen LogP contribution in [0.3, 0.4) is 0 Å². The minimum Gasteiger partial charge on any atom is -0.506 e. The summed E-state index contributed by atoms with van der Waals surface area (Å²) in [6, 6.07) is 9.13. The smallest absolute Gasteiger partial charge is 0.293 e. The van der Waals surface area contributed by atoms with Gasteiger partial charge in [0.15, 0.2) is 0 Å². The monoisotopic (exact) mass is 312 g/mol. The quantitative estimate of drug-likeness (QED) is 0.654. The molecule has 0 radical (unpaired) electrons. The largest absolute Gasteiger partial charge is 0.506 e.